The quantitative estimate of drug-likeness (QED) is 0.865. The molecule has 1 atom stereocenters. The Kier molecular flexibility index (Phi) is 5.34. The fraction of sp³-hybridized carbons (Fsp3) is 0.263. The summed E-state index contributed by atoms with van der Waals surface area (Å²) in [6, 6.07) is 9.41. The first-order valence-electron chi connectivity index (χ1n) is 7.64. The Morgan fingerprint density at radius 2 is 1.67 bits per heavy atom. The third-order valence-electron chi connectivity index (χ3n) is 3.67. The van der Waals surface area contributed by atoms with Crippen molar-refractivity contribution in [1.82, 2.24) is 0 Å². The molecule has 1 N–H and O–H groups in total. The number of hydrogen-bond acceptors (Lipinski definition) is 3. The molecule has 24 heavy (non-hydrogen) atoms. The number of aryl methyl sites for hydroxylation is 3. The summed E-state index contributed by atoms with van der Waals surface area (Å²) in [5, 5.41) is 2.77. The molecule has 0 heterocycles. The third-order valence-corrected chi connectivity index (χ3v) is 3.67. The van der Waals surface area contributed by atoms with E-state index in [9.17, 15) is 14.0 Å². The average molecular weight is 329 g/mol. The highest BCUT2D eigenvalue weighted by molar-refractivity contribution is 5.98. The molecule has 0 unspecified atom stereocenters. The molecule has 0 spiro atoms. The monoisotopic (exact) mass is 329 g/mol. The van der Waals surface area contributed by atoms with Crippen molar-refractivity contribution in [1.29, 1.82) is 0 Å². The van der Waals surface area contributed by atoms with Crippen LogP contribution in [0.3, 0.4) is 0 Å². The van der Waals surface area contributed by atoms with E-state index in [0.717, 1.165) is 16.7 Å². The van der Waals surface area contributed by atoms with E-state index in [1.54, 1.807) is 0 Å². The molecule has 0 aliphatic rings. The van der Waals surface area contributed by atoms with Gasteiger partial charge in [0, 0.05) is 5.69 Å². The number of benzene rings is 2. The van der Waals surface area contributed by atoms with Crippen molar-refractivity contribution in [2.45, 2.75) is 33.8 Å². The molecule has 0 fully saturated rings. The lowest BCUT2D eigenvalue weighted by molar-refractivity contribution is -0.123. The lowest BCUT2D eigenvalue weighted by atomic mass is 10.0. The van der Waals surface area contributed by atoms with Crippen molar-refractivity contribution in [3.05, 3.63) is 64.5 Å². The SMILES string of the molecule is Cc1cc(C)c(NC(=O)[C@@H](C)OC(=O)c2ccccc2F)c(C)c1. The van der Waals surface area contributed by atoms with Crippen LogP contribution in [0, 0.1) is 26.6 Å². The highest BCUT2D eigenvalue weighted by Crippen LogP contribution is 2.22. The van der Waals surface area contributed by atoms with Crippen molar-refractivity contribution < 1.29 is 18.7 Å². The number of amides is 1. The van der Waals surface area contributed by atoms with Crippen LogP contribution >= 0.6 is 0 Å². The van der Waals surface area contributed by atoms with Crippen LogP contribution in [0.1, 0.15) is 34.0 Å². The number of carbonyl (C=O) groups excluding carboxylic acids is 2. The molecule has 126 valence electrons. The van der Waals surface area contributed by atoms with Gasteiger partial charge in [0.2, 0.25) is 0 Å². The molecule has 0 bridgehead atoms. The topological polar surface area (TPSA) is 55.4 Å². The molecule has 0 saturated heterocycles. The molecule has 0 aromatic heterocycles. The first kappa shape index (κ1) is 17.7. The van der Waals surface area contributed by atoms with Gasteiger partial charge in [-0.2, -0.15) is 0 Å². The summed E-state index contributed by atoms with van der Waals surface area (Å²) in [7, 11) is 0. The van der Waals surface area contributed by atoms with Gasteiger partial charge in [0.05, 0.1) is 5.56 Å². The zero-order valence-corrected chi connectivity index (χ0v) is 14.1. The van der Waals surface area contributed by atoms with Gasteiger partial charge in [0.25, 0.3) is 5.91 Å². The van der Waals surface area contributed by atoms with Crippen LogP contribution in [0.4, 0.5) is 10.1 Å². The van der Waals surface area contributed by atoms with E-state index in [4.69, 9.17) is 4.74 Å². The molecule has 0 radical (unpaired) electrons. The number of anilines is 1. The lowest BCUT2D eigenvalue weighted by Gasteiger charge is -2.17. The fourth-order valence-electron chi connectivity index (χ4n) is 2.51. The second-order valence-corrected chi connectivity index (χ2v) is 5.79. The Morgan fingerprint density at radius 3 is 2.25 bits per heavy atom. The van der Waals surface area contributed by atoms with Crippen LogP contribution in [0.2, 0.25) is 0 Å². The van der Waals surface area contributed by atoms with Gasteiger partial charge in [0.15, 0.2) is 6.10 Å². The average Bonchev–Trinajstić information content (AvgIpc) is 2.50. The zero-order chi connectivity index (χ0) is 17.9. The third kappa shape index (κ3) is 3.98. The molecule has 0 aliphatic heterocycles. The Hall–Kier alpha value is -2.69. The van der Waals surface area contributed by atoms with Crippen LogP contribution in [-0.4, -0.2) is 18.0 Å². The number of halogens is 1. The van der Waals surface area contributed by atoms with Gasteiger partial charge in [-0.25, -0.2) is 9.18 Å². The molecule has 2 aromatic carbocycles. The smallest absolute Gasteiger partial charge is 0.341 e. The number of esters is 1. The minimum atomic E-state index is -1.04. The van der Waals surface area contributed by atoms with Gasteiger partial charge in [-0.05, 0) is 51.0 Å². The first-order valence-corrected chi connectivity index (χ1v) is 7.64. The van der Waals surface area contributed by atoms with E-state index in [1.165, 1.54) is 31.2 Å². The van der Waals surface area contributed by atoms with Crippen molar-refractivity contribution >= 4 is 17.6 Å². The number of carbonyl (C=O) groups is 2. The largest absolute Gasteiger partial charge is 0.449 e. The molecule has 4 nitrogen and oxygen atoms in total. The predicted molar refractivity (Wildman–Crippen MR) is 90.6 cm³/mol. The maximum atomic E-state index is 13.6. The highest BCUT2D eigenvalue weighted by Gasteiger charge is 2.21. The van der Waals surface area contributed by atoms with Crippen LogP contribution in [0.15, 0.2) is 36.4 Å². The van der Waals surface area contributed by atoms with E-state index < -0.39 is 23.8 Å². The highest BCUT2D eigenvalue weighted by atomic mass is 19.1. The Bertz CT molecular complexity index is 763. The first-order chi connectivity index (χ1) is 11.3. The minimum Gasteiger partial charge on any atom is -0.449 e. The van der Waals surface area contributed by atoms with Gasteiger partial charge >= 0.3 is 5.97 Å². The summed E-state index contributed by atoms with van der Waals surface area (Å²) in [6.07, 6.45) is -1.04. The summed E-state index contributed by atoms with van der Waals surface area (Å²) in [5.74, 6) is -2.01. The van der Waals surface area contributed by atoms with Crippen molar-refractivity contribution in [3.8, 4) is 0 Å². The van der Waals surface area contributed by atoms with Gasteiger partial charge < -0.3 is 10.1 Å². The van der Waals surface area contributed by atoms with E-state index in [0.29, 0.717) is 5.69 Å². The van der Waals surface area contributed by atoms with Crippen LogP contribution in [0.5, 0.6) is 0 Å². The Morgan fingerprint density at radius 1 is 1.08 bits per heavy atom. The summed E-state index contributed by atoms with van der Waals surface area (Å²) in [4.78, 5) is 24.2. The number of hydrogen-bond donors (Lipinski definition) is 1. The predicted octanol–water partition coefficient (Wildman–Crippen LogP) is 3.93. The van der Waals surface area contributed by atoms with E-state index in [2.05, 4.69) is 5.32 Å². The molecule has 1 amide bonds. The van der Waals surface area contributed by atoms with E-state index in [1.807, 2.05) is 32.9 Å². The second-order valence-electron chi connectivity index (χ2n) is 5.79. The van der Waals surface area contributed by atoms with E-state index >= 15 is 0 Å². The van der Waals surface area contributed by atoms with Crippen LogP contribution in [0.25, 0.3) is 0 Å². The maximum Gasteiger partial charge on any atom is 0.341 e. The van der Waals surface area contributed by atoms with Crippen molar-refractivity contribution in [3.63, 3.8) is 0 Å². The molecule has 2 aromatic rings. The summed E-state index contributed by atoms with van der Waals surface area (Å²) in [6.45, 7) is 7.22. The van der Waals surface area contributed by atoms with Crippen molar-refractivity contribution in [2.75, 3.05) is 5.32 Å². The zero-order valence-electron chi connectivity index (χ0n) is 14.1. The molecule has 0 aliphatic carbocycles. The van der Waals surface area contributed by atoms with Crippen LogP contribution < -0.4 is 5.32 Å². The van der Waals surface area contributed by atoms with Gasteiger partial charge in [-0.15, -0.1) is 0 Å². The van der Waals surface area contributed by atoms with Crippen molar-refractivity contribution in [2.24, 2.45) is 0 Å². The molecule has 2 rings (SSSR count). The second kappa shape index (κ2) is 7.25. The Labute approximate surface area is 140 Å². The normalized spacial score (nSPS) is 11.7. The molecular weight excluding hydrogens is 309 g/mol. The van der Waals surface area contributed by atoms with Gasteiger partial charge in [-0.1, -0.05) is 29.8 Å². The van der Waals surface area contributed by atoms with Gasteiger partial charge in [-0.3, -0.25) is 4.79 Å². The summed E-state index contributed by atoms with van der Waals surface area (Å²) >= 11 is 0. The molecule has 5 heteroatoms. The summed E-state index contributed by atoms with van der Waals surface area (Å²) in [5.41, 5.74) is 3.45. The standard InChI is InChI=1S/C19H20FNO3/c1-11-9-12(2)17(13(3)10-11)21-18(22)14(4)24-19(23)15-7-5-6-8-16(15)20/h5-10,14H,1-4H3,(H,21,22)/t14-/m1/s1. The van der Waals surface area contributed by atoms with Crippen LogP contribution in [-0.2, 0) is 9.53 Å². The summed E-state index contributed by atoms with van der Waals surface area (Å²) < 4.78 is 18.6. The minimum absolute atomic E-state index is 0.195. The molecule has 0 saturated carbocycles. The van der Waals surface area contributed by atoms with Gasteiger partial charge in [0.1, 0.15) is 5.82 Å². The number of ether oxygens (including phenoxy) is 1. The number of nitrogens with one attached hydrogen (secondary N) is 1. The number of rotatable bonds is 4. The fourth-order valence-corrected chi connectivity index (χ4v) is 2.51. The lowest BCUT2D eigenvalue weighted by Crippen LogP contribution is -2.30. The molecular formula is C19H20FNO3. The maximum absolute atomic E-state index is 13.6. The van der Waals surface area contributed by atoms with E-state index in [-0.39, 0.29) is 5.56 Å². The Balaban J connectivity index is 2.08.